The average molecular weight is 266 g/mol. The van der Waals surface area contributed by atoms with E-state index in [0.29, 0.717) is 13.0 Å². The fraction of sp³-hybridized carbons (Fsp3) is 0.889. The normalized spacial score (nSPS) is 17.9. The zero-order valence-electron chi connectivity index (χ0n) is 9.68. The van der Waals surface area contributed by atoms with E-state index in [1.807, 2.05) is 0 Å². The molecular weight excluding hydrogens is 248 g/mol. The molecule has 1 atom stereocenters. The van der Waals surface area contributed by atoms with E-state index in [-0.39, 0.29) is 12.5 Å². The topological polar surface area (TPSA) is 105 Å². The van der Waals surface area contributed by atoms with Crippen LogP contribution in [0, 0.1) is 0 Å². The van der Waals surface area contributed by atoms with Crippen LogP contribution in [0.1, 0.15) is 25.7 Å². The van der Waals surface area contributed by atoms with Crippen molar-refractivity contribution in [1.82, 2.24) is 9.44 Å². The van der Waals surface area contributed by atoms with Gasteiger partial charge in [0.25, 0.3) is 10.2 Å². The van der Waals surface area contributed by atoms with Crippen molar-refractivity contribution < 1.29 is 23.1 Å². The molecule has 0 amide bonds. The Hall–Kier alpha value is -0.700. The second-order valence-electron chi connectivity index (χ2n) is 4.04. The Bertz CT molecular complexity index is 352. The van der Waals surface area contributed by atoms with Gasteiger partial charge in [0.05, 0.1) is 0 Å². The van der Waals surface area contributed by atoms with Crippen molar-refractivity contribution in [1.29, 1.82) is 0 Å². The molecule has 1 saturated carbocycles. The number of rotatable bonds is 9. The lowest BCUT2D eigenvalue weighted by molar-refractivity contribution is -0.139. The van der Waals surface area contributed by atoms with E-state index in [1.165, 1.54) is 7.11 Å². The van der Waals surface area contributed by atoms with Crippen LogP contribution in [0.15, 0.2) is 0 Å². The molecule has 3 N–H and O–H groups in total. The van der Waals surface area contributed by atoms with E-state index in [2.05, 4.69) is 9.44 Å². The molecule has 0 radical (unpaired) electrons. The molecule has 0 aromatic heterocycles. The van der Waals surface area contributed by atoms with Gasteiger partial charge in [0.15, 0.2) is 0 Å². The Kier molecular flexibility index (Phi) is 5.31. The van der Waals surface area contributed by atoms with E-state index >= 15 is 0 Å². The third kappa shape index (κ3) is 5.97. The highest BCUT2D eigenvalue weighted by Crippen LogP contribution is 2.19. The van der Waals surface area contributed by atoms with Crippen LogP contribution in [0.25, 0.3) is 0 Å². The maximum absolute atomic E-state index is 11.5. The summed E-state index contributed by atoms with van der Waals surface area (Å²) in [6.45, 7) is 0.404. The molecule has 0 aliphatic heterocycles. The molecule has 17 heavy (non-hydrogen) atoms. The second-order valence-corrected chi connectivity index (χ2v) is 5.52. The van der Waals surface area contributed by atoms with Gasteiger partial charge in [-0.05, 0) is 25.7 Å². The van der Waals surface area contributed by atoms with Gasteiger partial charge in [-0.25, -0.2) is 0 Å². The summed E-state index contributed by atoms with van der Waals surface area (Å²) in [4.78, 5) is 10.9. The van der Waals surface area contributed by atoms with E-state index in [4.69, 9.17) is 9.84 Å². The summed E-state index contributed by atoms with van der Waals surface area (Å²) in [7, 11) is -2.21. The summed E-state index contributed by atoms with van der Waals surface area (Å²) in [5, 5.41) is 8.89. The quantitative estimate of drug-likeness (QED) is 0.486. The monoisotopic (exact) mass is 266 g/mol. The van der Waals surface area contributed by atoms with Crippen LogP contribution in [0.4, 0.5) is 0 Å². The SMILES string of the molecule is COCCCC(NS(=O)(=O)NC1CC1)C(=O)O. The van der Waals surface area contributed by atoms with Gasteiger partial charge in [-0.15, -0.1) is 0 Å². The number of aliphatic carboxylic acids is 1. The minimum atomic E-state index is -3.72. The first-order valence-electron chi connectivity index (χ1n) is 5.46. The summed E-state index contributed by atoms with van der Waals surface area (Å²) in [6.07, 6.45) is 2.30. The number of hydrogen-bond acceptors (Lipinski definition) is 4. The van der Waals surface area contributed by atoms with E-state index < -0.39 is 22.2 Å². The van der Waals surface area contributed by atoms with Crippen LogP contribution in [0.2, 0.25) is 0 Å². The molecule has 0 saturated heterocycles. The molecule has 0 aromatic rings. The van der Waals surface area contributed by atoms with Gasteiger partial charge in [0.1, 0.15) is 6.04 Å². The van der Waals surface area contributed by atoms with Crippen LogP contribution in [-0.2, 0) is 19.7 Å². The molecule has 1 aliphatic rings. The van der Waals surface area contributed by atoms with Crippen molar-refractivity contribution in [3.05, 3.63) is 0 Å². The summed E-state index contributed by atoms with van der Waals surface area (Å²) in [5.74, 6) is -1.18. The molecular formula is C9H18N2O5S. The van der Waals surface area contributed by atoms with Crippen molar-refractivity contribution >= 4 is 16.2 Å². The largest absolute Gasteiger partial charge is 0.480 e. The fourth-order valence-corrected chi connectivity index (χ4v) is 2.64. The number of methoxy groups -OCH3 is 1. The lowest BCUT2D eigenvalue weighted by Crippen LogP contribution is -2.47. The van der Waals surface area contributed by atoms with Gasteiger partial charge in [-0.1, -0.05) is 0 Å². The van der Waals surface area contributed by atoms with E-state index in [1.54, 1.807) is 0 Å². The molecule has 8 heteroatoms. The number of nitrogens with one attached hydrogen (secondary N) is 2. The summed E-state index contributed by atoms with van der Waals surface area (Å²) < 4.78 is 32.3. The van der Waals surface area contributed by atoms with Crippen LogP contribution in [-0.4, -0.2) is 45.3 Å². The van der Waals surface area contributed by atoms with Crippen LogP contribution >= 0.6 is 0 Å². The van der Waals surface area contributed by atoms with Gasteiger partial charge in [-0.3, -0.25) is 4.79 Å². The highest BCUT2D eigenvalue weighted by atomic mass is 32.2. The van der Waals surface area contributed by atoms with Gasteiger partial charge in [0, 0.05) is 19.8 Å². The van der Waals surface area contributed by atoms with Crippen molar-refractivity contribution in [2.24, 2.45) is 0 Å². The predicted octanol–water partition coefficient (Wildman–Crippen LogP) is -0.547. The molecule has 1 unspecified atom stereocenters. The number of carboxylic acid groups (broad SMARTS) is 1. The standard InChI is InChI=1S/C9H18N2O5S/c1-16-6-2-3-8(9(12)13)11-17(14,15)10-7-4-5-7/h7-8,10-11H,2-6H2,1H3,(H,12,13). The van der Waals surface area contributed by atoms with Crippen LogP contribution in [0.3, 0.4) is 0 Å². The number of carboxylic acids is 1. The van der Waals surface area contributed by atoms with Crippen molar-refractivity contribution in [2.75, 3.05) is 13.7 Å². The molecule has 1 fully saturated rings. The first-order chi connectivity index (χ1) is 7.94. The van der Waals surface area contributed by atoms with Gasteiger partial charge in [-0.2, -0.15) is 17.9 Å². The maximum atomic E-state index is 11.5. The van der Waals surface area contributed by atoms with Gasteiger partial charge in [0.2, 0.25) is 0 Å². The third-order valence-electron chi connectivity index (χ3n) is 2.34. The molecule has 0 heterocycles. The average Bonchev–Trinajstić information content (AvgIpc) is 2.99. The van der Waals surface area contributed by atoms with Crippen LogP contribution < -0.4 is 9.44 Å². The smallest absolute Gasteiger partial charge is 0.321 e. The fourth-order valence-electron chi connectivity index (χ4n) is 1.31. The first kappa shape index (κ1) is 14.4. The summed E-state index contributed by atoms with van der Waals surface area (Å²) >= 11 is 0. The predicted molar refractivity (Wildman–Crippen MR) is 60.7 cm³/mol. The summed E-state index contributed by atoms with van der Waals surface area (Å²) in [6, 6.07) is -1.15. The molecule has 0 bridgehead atoms. The molecule has 7 nitrogen and oxygen atoms in total. The lowest BCUT2D eigenvalue weighted by atomic mass is 10.2. The summed E-state index contributed by atoms with van der Waals surface area (Å²) in [5.41, 5.74) is 0. The molecule has 0 spiro atoms. The Balaban J connectivity index is 2.43. The maximum Gasteiger partial charge on any atom is 0.321 e. The Morgan fingerprint density at radius 1 is 1.53 bits per heavy atom. The molecule has 0 aromatic carbocycles. The highest BCUT2D eigenvalue weighted by molar-refractivity contribution is 7.87. The van der Waals surface area contributed by atoms with E-state index in [9.17, 15) is 13.2 Å². The minimum absolute atomic E-state index is 0.0408. The number of carbonyl (C=O) groups is 1. The van der Waals surface area contributed by atoms with Gasteiger partial charge < -0.3 is 9.84 Å². The highest BCUT2D eigenvalue weighted by Gasteiger charge is 2.30. The van der Waals surface area contributed by atoms with Crippen molar-refractivity contribution in [3.63, 3.8) is 0 Å². The molecule has 100 valence electrons. The van der Waals surface area contributed by atoms with E-state index in [0.717, 1.165) is 12.8 Å². The van der Waals surface area contributed by atoms with Gasteiger partial charge >= 0.3 is 5.97 Å². The third-order valence-corrected chi connectivity index (χ3v) is 3.57. The minimum Gasteiger partial charge on any atom is -0.480 e. The molecule has 1 rings (SSSR count). The zero-order valence-corrected chi connectivity index (χ0v) is 10.5. The Morgan fingerprint density at radius 2 is 2.18 bits per heavy atom. The second kappa shape index (κ2) is 6.29. The zero-order chi connectivity index (χ0) is 12.9. The molecule has 1 aliphatic carbocycles. The Labute approximate surface area is 101 Å². The van der Waals surface area contributed by atoms with Crippen LogP contribution in [0.5, 0.6) is 0 Å². The number of hydrogen-bond donors (Lipinski definition) is 3. The lowest BCUT2D eigenvalue weighted by Gasteiger charge is -2.14. The van der Waals surface area contributed by atoms with Crippen molar-refractivity contribution in [3.8, 4) is 0 Å². The Morgan fingerprint density at radius 3 is 2.65 bits per heavy atom. The number of ether oxygens (including phenoxy) is 1. The van der Waals surface area contributed by atoms with Crippen molar-refractivity contribution in [2.45, 2.75) is 37.8 Å². The first-order valence-corrected chi connectivity index (χ1v) is 6.94.